The topological polar surface area (TPSA) is 71.0 Å². The lowest BCUT2D eigenvalue weighted by Crippen LogP contribution is -2.13. The SMILES string of the molecule is Cc1cc(N(C)C)ccc1NC(=O)c1sc(-c2ncccn2)nc1C. The summed E-state index contributed by atoms with van der Waals surface area (Å²) in [6.45, 7) is 3.80. The number of hydrogen-bond donors (Lipinski definition) is 1. The number of thiazole rings is 1. The number of nitrogens with one attached hydrogen (secondary N) is 1. The zero-order chi connectivity index (χ0) is 18.0. The largest absolute Gasteiger partial charge is 0.378 e. The van der Waals surface area contributed by atoms with Gasteiger partial charge in [-0.05, 0) is 43.7 Å². The minimum atomic E-state index is -0.169. The molecular formula is C18H19N5OS. The van der Waals surface area contributed by atoms with E-state index in [1.807, 2.05) is 51.0 Å². The fraction of sp³-hybridized carbons (Fsp3) is 0.222. The van der Waals surface area contributed by atoms with E-state index in [0.717, 1.165) is 16.9 Å². The Labute approximate surface area is 150 Å². The Morgan fingerprint density at radius 3 is 2.52 bits per heavy atom. The van der Waals surface area contributed by atoms with Crippen LogP contribution in [0.5, 0.6) is 0 Å². The highest BCUT2D eigenvalue weighted by atomic mass is 32.1. The van der Waals surface area contributed by atoms with Crippen molar-refractivity contribution in [2.75, 3.05) is 24.3 Å². The number of amides is 1. The summed E-state index contributed by atoms with van der Waals surface area (Å²) in [4.78, 5) is 28.1. The molecule has 0 bridgehead atoms. The summed E-state index contributed by atoms with van der Waals surface area (Å²) in [5.41, 5.74) is 3.56. The van der Waals surface area contributed by atoms with Gasteiger partial charge in [-0.1, -0.05) is 0 Å². The van der Waals surface area contributed by atoms with Gasteiger partial charge >= 0.3 is 0 Å². The first-order valence-corrected chi connectivity index (χ1v) is 8.61. The molecule has 1 amide bonds. The van der Waals surface area contributed by atoms with Crippen LogP contribution in [0.15, 0.2) is 36.7 Å². The molecule has 2 aromatic heterocycles. The molecule has 3 rings (SSSR count). The van der Waals surface area contributed by atoms with Crippen LogP contribution < -0.4 is 10.2 Å². The molecule has 0 saturated carbocycles. The van der Waals surface area contributed by atoms with Crippen molar-refractivity contribution in [2.24, 2.45) is 0 Å². The van der Waals surface area contributed by atoms with Gasteiger partial charge in [-0.25, -0.2) is 15.0 Å². The minimum Gasteiger partial charge on any atom is -0.378 e. The van der Waals surface area contributed by atoms with E-state index in [2.05, 4.69) is 20.3 Å². The highest BCUT2D eigenvalue weighted by Crippen LogP contribution is 2.27. The second-order valence-electron chi connectivity index (χ2n) is 5.85. The van der Waals surface area contributed by atoms with Crippen LogP contribution in [-0.2, 0) is 0 Å². The highest BCUT2D eigenvalue weighted by molar-refractivity contribution is 7.17. The number of hydrogen-bond acceptors (Lipinski definition) is 6. The van der Waals surface area contributed by atoms with Crippen molar-refractivity contribution >= 4 is 28.6 Å². The van der Waals surface area contributed by atoms with Gasteiger partial charge < -0.3 is 10.2 Å². The van der Waals surface area contributed by atoms with Gasteiger partial charge in [0.05, 0.1) is 5.69 Å². The lowest BCUT2D eigenvalue weighted by molar-refractivity contribution is 0.102. The molecule has 0 spiro atoms. The van der Waals surface area contributed by atoms with Crippen molar-refractivity contribution in [1.82, 2.24) is 15.0 Å². The van der Waals surface area contributed by atoms with Crippen molar-refractivity contribution in [3.63, 3.8) is 0 Å². The second-order valence-corrected chi connectivity index (χ2v) is 6.85. The van der Waals surface area contributed by atoms with E-state index in [1.165, 1.54) is 11.3 Å². The smallest absolute Gasteiger partial charge is 0.267 e. The molecule has 0 aliphatic rings. The third-order valence-corrected chi connectivity index (χ3v) is 4.89. The molecule has 0 aliphatic carbocycles. The fourth-order valence-corrected chi connectivity index (χ4v) is 3.27. The molecule has 0 fully saturated rings. The molecule has 0 atom stereocenters. The van der Waals surface area contributed by atoms with E-state index in [9.17, 15) is 4.79 Å². The van der Waals surface area contributed by atoms with Crippen LogP contribution in [0.4, 0.5) is 11.4 Å². The molecule has 0 aliphatic heterocycles. The quantitative estimate of drug-likeness (QED) is 0.777. The maximum Gasteiger partial charge on any atom is 0.267 e. The average molecular weight is 353 g/mol. The van der Waals surface area contributed by atoms with Gasteiger partial charge in [0.25, 0.3) is 5.91 Å². The summed E-state index contributed by atoms with van der Waals surface area (Å²) in [6.07, 6.45) is 3.32. The van der Waals surface area contributed by atoms with Gasteiger partial charge in [0.2, 0.25) is 0 Å². The number of benzene rings is 1. The molecular weight excluding hydrogens is 334 g/mol. The van der Waals surface area contributed by atoms with Crippen LogP contribution >= 0.6 is 11.3 Å². The predicted octanol–water partition coefficient (Wildman–Crippen LogP) is 3.54. The fourth-order valence-electron chi connectivity index (χ4n) is 2.36. The standard InChI is InChI=1S/C18H19N5OS/c1-11-10-13(23(3)4)6-7-14(11)22-17(24)15-12(2)21-18(25-15)16-19-8-5-9-20-16/h5-10H,1-4H3,(H,22,24). The Hall–Kier alpha value is -2.80. The number of carbonyl (C=O) groups is 1. The Morgan fingerprint density at radius 1 is 1.16 bits per heavy atom. The van der Waals surface area contributed by atoms with E-state index in [0.29, 0.717) is 21.4 Å². The van der Waals surface area contributed by atoms with Crippen LogP contribution in [0.1, 0.15) is 20.9 Å². The van der Waals surface area contributed by atoms with Gasteiger partial charge in [0.15, 0.2) is 10.8 Å². The minimum absolute atomic E-state index is 0.169. The molecule has 128 valence electrons. The molecule has 0 saturated heterocycles. The maximum atomic E-state index is 12.7. The van der Waals surface area contributed by atoms with E-state index < -0.39 is 0 Å². The van der Waals surface area contributed by atoms with Gasteiger partial charge in [0, 0.05) is 37.9 Å². The molecule has 2 heterocycles. The van der Waals surface area contributed by atoms with E-state index in [4.69, 9.17) is 0 Å². The second kappa shape index (κ2) is 6.98. The molecule has 0 radical (unpaired) electrons. The molecule has 3 aromatic rings. The highest BCUT2D eigenvalue weighted by Gasteiger charge is 2.18. The number of aryl methyl sites for hydroxylation is 2. The summed E-state index contributed by atoms with van der Waals surface area (Å²) in [5, 5.41) is 3.61. The Morgan fingerprint density at radius 2 is 1.88 bits per heavy atom. The first kappa shape index (κ1) is 17.0. The third-order valence-electron chi connectivity index (χ3n) is 3.73. The Kier molecular flexibility index (Phi) is 4.76. The number of anilines is 2. The first-order chi connectivity index (χ1) is 12.0. The Balaban J connectivity index is 1.84. The number of rotatable bonds is 4. The van der Waals surface area contributed by atoms with E-state index >= 15 is 0 Å². The molecule has 25 heavy (non-hydrogen) atoms. The van der Waals surface area contributed by atoms with Crippen LogP contribution in [0.3, 0.4) is 0 Å². The van der Waals surface area contributed by atoms with Crippen LogP contribution in [0.2, 0.25) is 0 Å². The average Bonchev–Trinajstić information content (AvgIpc) is 2.99. The van der Waals surface area contributed by atoms with Crippen LogP contribution in [-0.4, -0.2) is 35.0 Å². The predicted molar refractivity (Wildman–Crippen MR) is 101 cm³/mol. The summed E-state index contributed by atoms with van der Waals surface area (Å²) in [6, 6.07) is 7.68. The number of carbonyl (C=O) groups excluding carboxylic acids is 1. The lowest BCUT2D eigenvalue weighted by Gasteiger charge is -2.15. The number of nitrogens with zero attached hydrogens (tertiary/aromatic N) is 4. The molecule has 7 heteroatoms. The molecule has 1 aromatic carbocycles. The lowest BCUT2D eigenvalue weighted by atomic mass is 10.1. The van der Waals surface area contributed by atoms with Gasteiger partial charge in [0.1, 0.15) is 4.88 Å². The molecule has 0 unspecified atom stereocenters. The van der Waals surface area contributed by atoms with Crippen molar-refractivity contribution in [2.45, 2.75) is 13.8 Å². The van der Waals surface area contributed by atoms with E-state index in [-0.39, 0.29) is 5.91 Å². The van der Waals surface area contributed by atoms with Gasteiger partial charge in [-0.15, -0.1) is 11.3 Å². The number of aromatic nitrogens is 3. The maximum absolute atomic E-state index is 12.7. The van der Waals surface area contributed by atoms with Crippen LogP contribution in [0.25, 0.3) is 10.8 Å². The van der Waals surface area contributed by atoms with Gasteiger partial charge in [-0.3, -0.25) is 4.79 Å². The van der Waals surface area contributed by atoms with Crippen LogP contribution in [0, 0.1) is 13.8 Å². The molecule has 1 N–H and O–H groups in total. The van der Waals surface area contributed by atoms with Crippen molar-refractivity contribution in [3.8, 4) is 10.8 Å². The van der Waals surface area contributed by atoms with Crippen molar-refractivity contribution in [1.29, 1.82) is 0 Å². The monoisotopic (exact) mass is 353 g/mol. The first-order valence-electron chi connectivity index (χ1n) is 7.80. The summed E-state index contributed by atoms with van der Waals surface area (Å²) < 4.78 is 0. The normalized spacial score (nSPS) is 10.6. The summed E-state index contributed by atoms with van der Waals surface area (Å²) in [5.74, 6) is 0.360. The van der Waals surface area contributed by atoms with Crippen molar-refractivity contribution in [3.05, 3.63) is 52.8 Å². The zero-order valence-corrected chi connectivity index (χ0v) is 15.4. The van der Waals surface area contributed by atoms with Gasteiger partial charge in [-0.2, -0.15) is 0 Å². The Bertz CT molecular complexity index is 905. The zero-order valence-electron chi connectivity index (χ0n) is 14.6. The third kappa shape index (κ3) is 3.66. The summed E-state index contributed by atoms with van der Waals surface area (Å²) in [7, 11) is 3.97. The van der Waals surface area contributed by atoms with E-state index in [1.54, 1.807) is 18.5 Å². The van der Waals surface area contributed by atoms with Crippen molar-refractivity contribution < 1.29 is 4.79 Å². The summed E-state index contributed by atoms with van der Waals surface area (Å²) >= 11 is 1.30. The molecule has 6 nitrogen and oxygen atoms in total.